The number of carboxylic acid groups (broad SMARTS) is 1. The van der Waals surface area contributed by atoms with Crippen LogP contribution in [0.15, 0.2) is 18.2 Å². The number of amides is 3. The zero-order valence-corrected chi connectivity index (χ0v) is 10.8. The Kier molecular flexibility index (Phi) is 3.62. The van der Waals surface area contributed by atoms with Crippen molar-refractivity contribution in [3.05, 3.63) is 29.3 Å². The number of carbonyl (C=O) groups excluding carboxylic acids is 3. The summed E-state index contributed by atoms with van der Waals surface area (Å²) in [6, 6.07) is 2.10. The lowest BCUT2D eigenvalue weighted by atomic mass is 10.1. The zero-order chi connectivity index (χ0) is 15.7. The van der Waals surface area contributed by atoms with Crippen molar-refractivity contribution < 1.29 is 29.4 Å². The van der Waals surface area contributed by atoms with Gasteiger partial charge < -0.3 is 15.9 Å². The molecule has 1 heterocycles. The van der Waals surface area contributed by atoms with E-state index in [1.807, 2.05) is 0 Å². The van der Waals surface area contributed by atoms with Crippen LogP contribution in [0.25, 0.3) is 0 Å². The standard InChI is InChI=1S/C13H12N2O6/c14-10(17)4-3-9(13(20)21)15-11(18)7-2-1-6(16)5-8(7)12(15)19/h1-2,5,9,16H,3-4H2,(H2,14,17)(H,20,21)/t9-/m1/s1. The molecule has 0 bridgehead atoms. The van der Waals surface area contributed by atoms with Crippen molar-refractivity contribution in [2.45, 2.75) is 18.9 Å². The number of phenolic OH excluding ortho intramolecular Hbond substituents is 1. The first-order valence-electron chi connectivity index (χ1n) is 6.05. The number of carbonyl (C=O) groups is 4. The van der Waals surface area contributed by atoms with Gasteiger partial charge in [-0.3, -0.25) is 19.3 Å². The van der Waals surface area contributed by atoms with Crippen molar-refractivity contribution in [3.8, 4) is 5.75 Å². The van der Waals surface area contributed by atoms with Gasteiger partial charge in [0.2, 0.25) is 5.91 Å². The lowest BCUT2D eigenvalue weighted by molar-refractivity contribution is -0.141. The summed E-state index contributed by atoms with van der Waals surface area (Å²) in [4.78, 5) is 46.9. The molecule has 4 N–H and O–H groups in total. The fourth-order valence-electron chi connectivity index (χ4n) is 2.17. The summed E-state index contributed by atoms with van der Waals surface area (Å²) in [6.07, 6.45) is -0.530. The van der Waals surface area contributed by atoms with Crippen LogP contribution in [0.4, 0.5) is 0 Å². The van der Waals surface area contributed by atoms with Crippen LogP contribution in [-0.2, 0) is 9.59 Å². The van der Waals surface area contributed by atoms with Gasteiger partial charge in [-0.15, -0.1) is 0 Å². The quantitative estimate of drug-likeness (QED) is 0.637. The normalized spacial score (nSPS) is 15.0. The largest absolute Gasteiger partial charge is 0.508 e. The number of aliphatic carboxylic acids is 1. The number of primary amides is 1. The number of hydrogen-bond acceptors (Lipinski definition) is 5. The number of fused-ring (bicyclic) bond motifs is 1. The first-order valence-corrected chi connectivity index (χ1v) is 6.05. The summed E-state index contributed by atoms with van der Waals surface area (Å²) >= 11 is 0. The van der Waals surface area contributed by atoms with Gasteiger partial charge >= 0.3 is 5.97 Å². The molecule has 1 aliphatic heterocycles. The molecule has 0 spiro atoms. The monoisotopic (exact) mass is 292 g/mol. The van der Waals surface area contributed by atoms with E-state index < -0.39 is 29.7 Å². The number of carboxylic acids is 1. The molecular weight excluding hydrogens is 280 g/mol. The summed E-state index contributed by atoms with van der Waals surface area (Å²) in [5, 5.41) is 18.5. The van der Waals surface area contributed by atoms with E-state index in [1.54, 1.807) is 0 Å². The Hall–Kier alpha value is -2.90. The minimum absolute atomic E-state index is 0.0168. The van der Waals surface area contributed by atoms with E-state index in [-0.39, 0.29) is 29.7 Å². The highest BCUT2D eigenvalue weighted by atomic mass is 16.4. The maximum absolute atomic E-state index is 12.2. The Balaban J connectivity index is 2.36. The van der Waals surface area contributed by atoms with Gasteiger partial charge in [0.15, 0.2) is 0 Å². The molecule has 2 rings (SSSR count). The van der Waals surface area contributed by atoms with E-state index in [0.717, 1.165) is 6.07 Å². The van der Waals surface area contributed by atoms with Crippen LogP contribution in [0.1, 0.15) is 33.6 Å². The molecule has 1 atom stereocenters. The molecule has 1 aromatic rings. The van der Waals surface area contributed by atoms with E-state index in [9.17, 15) is 24.3 Å². The number of nitrogens with zero attached hydrogens (tertiary/aromatic N) is 1. The van der Waals surface area contributed by atoms with Crippen LogP contribution < -0.4 is 5.73 Å². The van der Waals surface area contributed by atoms with Crippen molar-refractivity contribution in [1.29, 1.82) is 0 Å². The second-order valence-corrected chi connectivity index (χ2v) is 4.57. The van der Waals surface area contributed by atoms with Crippen LogP contribution in [-0.4, -0.2) is 44.8 Å². The molecule has 8 nitrogen and oxygen atoms in total. The molecule has 8 heteroatoms. The molecule has 0 unspecified atom stereocenters. The van der Waals surface area contributed by atoms with Crippen LogP contribution in [0.3, 0.4) is 0 Å². The van der Waals surface area contributed by atoms with Crippen molar-refractivity contribution in [1.82, 2.24) is 4.90 Å². The van der Waals surface area contributed by atoms with Crippen LogP contribution in [0.5, 0.6) is 5.75 Å². The molecule has 0 fully saturated rings. The highest BCUT2D eigenvalue weighted by Gasteiger charge is 2.42. The molecule has 110 valence electrons. The summed E-state index contributed by atoms with van der Waals surface area (Å²) < 4.78 is 0. The molecule has 0 saturated carbocycles. The fraction of sp³-hybridized carbons (Fsp3) is 0.231. The van der Waals surface area contributed by atoms with Gasteiger partial charge in [0.1, 0.15) is 11.8 Å². The van der Waals surface area contributed by atoms with Crippen molar-refractivity contribution in [2.24, 2.45) is 5.73 Å². The summed E-state index contributed by atoms with van der Waals surface area (Å²) in [7, 11) is 0. The van der Waals surface area contributed by atoms with E-state index in [2.05, 4.69) is 0 Å². The molecule has 0 saturated heterocycles. The second-order valence-electron chi connectivity index (χ2n) is 4.57. The van der Waals surface area contributed by atoms with E-state index in [4.69, 9.17) is 10.8 Å². The van der Waals surface area contributed by atoms with Gasteiger partial charge in [-0.2, -0.15) is 0 Å². The number of rotatable bonds is 5. The Bertz CT molecular complexity index is 654. The molecular formula is C13H12N2O6. The third kappa shape index (κ3) is 2.55. The fourth-order valence-corrected chi connectivity index (χ4v) is 2.17. The average Bonchev–Trinajstić information content (AvgIpc) is 2.63. The second kappa shape index (κ2) is 5.23. The molecule has 3 amide bonds. The van der Waals surface area contributed by atoms with E-state index in [1.165, 1.54) is 12.1 Å². The van der Waals surface area contributed by atoms with Crippen LogP contribution >= 0.6 is 0 Å². The van der Waals surface area contributed by atoms with Crippen molar-refractivity contribution in [2.75, 3.05) is 0 Å². The summed E-state index contributed by atoms with van der Waals surface area (Å²) in [5.74, 6) is -3.93. The predicted molar refractivity (Wildman–Crippen MR) is 68.5 cm³/mol. The van der Waals surface area contributed by atoms with Crippen molar-refractivity contribution >= 4 is 23.7 Å². The lowest BCUT2D eigenvalue weighted by Gasteiger charge is -2.21. The minimum Gasteiger partial charge on any atom is -0.508 e. The topological polar surface area (TPSA) is 138 Å². The van der Waals surface area contributed by atoms with Gasteiger partial charge in [0, 0.05) is 6.42 Å². The van der Waals surface area contributed by atoms with Gasteiger partial charge in [-0.25, -0.2) is 4.79 Å². The van der Waals surface area contributed by atoms with Gasteiger partial charge in [0.25, 0.3) is 11.8 Å². The average molecular weight is 292 g/mol. The molecule has 21 heavy (non-hydrogen) atoms. The molecule has 0 aromatic heterocycles. The Morgan fingerprint density at radius 3 is 2.38 bits per heavy atom. The number of nitrogens with two attached hydrogens (primary N) is 1. The van der Waals surface area contributed by atoms with Gasteiger partial charge in [0.05, 0.1) is 11.1 Å². The van der Waals surface area contributed by atoms with Gasteiger partial charge in [-0.05, 0) is 24.6 Å². The Morgan fingerprint density at radius 1 is 1.19 bits per heavy atom. The molecule has 0 radical (unpaired) electrons. The Labute approximate surface area is 118 Å². The van der Waals surface area contributed by atoms with E-state index in [0.29, 0.717) is 4.90 Å². The lowest BCUT2D eigenvalue weighted by Crippen LogP contribution is -2.45. The predicted octanol–water partition coefficient (Wildman–Crippen LogP) is -0.293. The maximum Gasteiger partial charge on any atom is 0.326 e. The third-order valence-corrected chi connectivity index (χ3v) is 3.16. The first kappa shape index (κ1) is 14.5. The number of benzene rings is 1. The molecule has 0 aliphatic carbocycles. The van der Waals surface area contributed by atoms with Crippen molar-refractivity contribution in [3.63, 3.8) is 0 Å². The summed E-state index contributed by atoms with van der Waals surface area (Å²) in [5.41, 5.74) is 4.91. The van der Waals surface area contributed by atoms with Crippen LogP contribution in [0.2, 0.25) is 0 Å². The van der Waals surface area contributed by atoms with Crippen LogP contribution in [0, 0.1) is 0 Å². The molecule has 1 aliphatic rings. The smallest absolute Gasteiger partial charge is 0.326 e. The molecule has 1 aromatic carbocycles. The Morgan fingerprint density at radius 2 is 1.81 bits per heavy atom. The SMILES string of the molecule is NC(=O)CC[C@H](C(=O)O)N1C(=O)c2ccc(O)cc2C1=O. The summed E-state index contributed by atoms with van der Waals surface area (Å²) in [6.45, 7) is 0. The van der Waals surface area contributed by atoms with Gasteiger partial charge in [-0.1, -0.05) is 0 Å². The highest BCUT2D eigenvalue weighted by Crippen LogP contribution is 2.28. The number of aromatic hydroxyl groups is 1. The third-order valence-electron chi connectivity index (χ3n) is 3.16. The minimum atomic E-state index is -1.48. The number of imide groups is 1. The first-order chi connectivity index (χ1) is 9.82. The number of phenols is 1. The highest BCUT2D eigenvalue weighted by molar-refractivity contribution is 6.22. The van der Waals surface area contributed by atoms with E-state index >= 15 is 0 Å². The maximum atomic E-state index is 12.2. The number of hydrogen-bond donors (Lipinski definition) is 3. The zero-order valence-electron chi connectivity index (χ0n) is 10.8.